The van der Waals surface area contributed by atoms with Gasteiger partial charge in [0.2, 0.25) is 5.95 Å². The summed E-state index contributed by atoms with van der Waals surface area (Å²) in [6.07, 6.45) is 0. The van der Waals surface area contributed by atoms with Crippen molar-refractivity contribution in [1.29, 1.82) is 0 Å². The summed E-state index contributed by atoms with van der Waals surface area (Å²) in [7, 11) is 0. The molecule has 1 heterocycles. The standard InChI is InChI=1S/C13H13F2N3/c1-7(2)11-6-12(18-13(16)17-11)8-3-4-9(14)10(15)5-8/h3-7H,1-2H3,(H2,16,17,18). The number of anilines is 1. The van der Waals surface area contributed by atoms with Crippen LogP contribution in [0.4, 0.5) is 14.7 Å². The lowest BCUT2D eigenvalue weighted by Gasteiger charge is -2.08. The van der Waals surface area contributed by atoms with Crippen molar-refractivity contribution in [3.05, 3.63) is 41.6 Å². The average Bonchev–Trinajstić information content (AvgIpc) is 2.31. The fraction of sp³-hybridized carbons (Fsp3) is 0.231. The summed E-state index contributed by atoms with van der Waals surface area (Å²) in [6, 6.07) is 5.36. The smallest absolute Gasteiger partial charge is 0.220 e. The number of hydrogen-bond acceptors (Lipinski definition) is 3. The molecule has 2 N–H and O–H groups in total. The van der Waals surface area contributed by atoms with Crippen LogP contribution in [0.25, 0.3) is 11.3 Å². The number of halogens is 2. The predicted molar refractivity (Wildman–Crippen MR) is 65.9 cm³/mol. The van der Waals surface area contributed by atoms with E-state index in [0.717, 1.165) is 17.8 Å². The number of aromatic nitrogens is 2. The minimum Gasteiger partial charge on any atom is -0.368 e. The second-order valence-electron chi connectivity index (χ2n) is 4.32. The highest BCUT2D eigenvalue weighted by molar-refractivity contribution is 5.60. The van der Waals surface area contributed by atoms with E-state index < -0.39 is 11.6 Å². The molecule has 1 aromatic heterocycles. The van der Waals surface area contributed by atoms with Crippen LogP contribution in [-0.2, 0) is 0 Å². The van der Waals surface area contributed by atoms with E-state index in [-0.39, 0.29) is 11.9 Å². The Morgan fingerprint density at radius 2 is 1.78 bits per heavy atom. The minimum atomic E-state index is -0.907. The molecule has 3 nitrogen and oxygen atoms in total. The van der Waals surface area contributed by atoms with Crippen LogP contribution in [0.1, 0.15) is 25.5 Å². The quantitative estimate of drug-likeness (QED) is 0.889. The van der Waals surface area contributed by atoms with Crippen LogP contribution in [-0.4, -0.2) is 9.97 Å². The Kier molecular flexibility index (Phi) is 3.23. The van der Waals surface area contributed by atoms with Crippen molar-refractivity contribution in [2.45, 2.75) is 19.8 Å². The van der Waals surface area contributed by atoms with Crippen LogP contribution >= 0.6 is 0 Å². The fourth-order valence-corrected chi connectivity index (χ4v) is 1.58. The third kappa shape index (κ3) is 2.45. The van der Waals surface area contributed by atoms with Gasteiger partial charge in [0.25, 0.3) is 0 Å². The van der Waals surface area contributed by atoms with E-state index in [1.807, 2.05) is 13.8 Å². The normalized spacial score (nSPS) is 10.9. The van der Waals surface area contributed by atoms with Gasteiger partial charge in [-0.2, -0.15) is 0 Å². The highest BCUT2D eigenvalue weighted by Crippen LogP contribution is 2.23. The van der Waals surface area contributed by atoms with E-state index in [9.17, 15) is 8.78 Å². The van der Waals surface area contributed by atoms with Gasteiger partial charge in [-0.05, 0) is 30.2 Å². The van der Waals surface area contributed by atoms with Gasteiger partial charge in [0.15, 0.2) is 11.6 Å². The Morgan fingerprint density at radius 1 is 1.06 bits per heavy atom. The summed E-state index contributed by atoms with van der Waals surface area (Å²) >= 11 is 0. The summed E-state index contributed by atoms with van der Waals surface area (Å²) in [5.74, 6) is -1.49. The summed E-state index contributed by atoms with van der Waals surface area (Å²) in [6.45, 7) is 3.94. The maximum absolute atomic E-state index is 13.2. The first-order valence-electron chi connectivity index (χ1n) is 5.57. The van der Waals surface area contributed by atoms with Crippen molar-refractivity contribution >= 4 is 5.95 Å². The van der Waals surface area contributed by atoms with Crippen molar-refractivity contribution in [3.8, 4) is 11.3 Å². The Labute approximate surface area is 104 Å². The zero-order chi connectivity index (χ0) is 13.3. The molecule has 0 aliphatic heterocycles. The first kappa shape index (κ1) is 12.4. The Balaban J connectivity index is 2.53. The summed E-state index contributed by atoms with van der Waals surface area (Å²) in [5, 5.41) is 0. The lowest BCUT2D eigenvalue weighted by atomic mass is 10.1. The van der Waals surface area contributed by atoms with Crippen LogP contribution in [0.2, 0.25) is 0 Å². The van der Waals surface area contributed by atoms with Gasteiger partial charge in [0, 0.05) is 11.3 Å². The fourth-order valence-electron chi connectivity index (χ4n) is 1.58. The van der Waals surface area contributed by atoms with E-state index in [1.165, 1.54) is 6.07 Å². The second-order valence-corrected chi connectivity index (χ2v) is 4.32. The lowest BCUT2D eigenvalue weighted by molar-refractivity contribution is 0.509. The minimum absolute atomic E-state index is 0.126. The van der Waals surface area contributed by atoms with Gasteiger partial charge in [-0.15, -0.1) is 0 Å². The first-order chi connectivity index (χ1) is 8.47. The van der Waals surface area contributed by atoms with Gasteiger partial charge in [0.05, 0.1) is 5.69 Å². The van der Waals surface area contributed by atoms with Crippen molar-refractivity contribution in [1.82, 2.24) is 9.97 Å². The topological polar surface area (TPSA) is 51.8 Å². The number of benzene rings is 1. The molecule has 0 saturated carbocycles. The molecule has 1 aromatic carbocycles. The molecule has 0 saturated heterocycles. The van der Waals surface area contributed by atoms with E-state index in [1.54, 1.807) is 6.07 Å². The third-order valence-electron chi connectivity index (χ3n) is 2.57. The predicted octanol–water partition coefficient (Wildman–Crippen LogP) is 3.13. The van der Waals surface area contributed by atoms with Crippen molar-refractivity contribution in [2.75, 3.05) is 5.73 Å². The lowest BCUT2D eigenvalue weighted by Crippen LogP contribution is -2.02. The third-order valence-corrected chi connectivity index (χ3v) is 2.57. The molecule has 0 unspecified atom stereocenters. The Bertz CT molecular complexity index is 582. The first-order valence-corrected chi connectivity index (χ1v) is 5.57. The highest BCUT2D eigenvalue weighted by Gasteiger charge is 2.10. The molecular weight excluding hydrogens is 236 g/mol. The van der Waals surface area contributed by atoms with Gasteiger partial charge in [-0.25, -0.2) is 18.7 Å². The van der Waals surface area contributed by atoms with Crippen LogP contribution in [0, 0.1) is 11.6 Å². The maximum Gasteiger partial charge on any atom is 0.220 e. The molecule has 0 spiro atoms. The second kappa shape index (κ2) is 4.68. The van der Waals surface area contributed by atoms with Crippen LogP contribution in [0.5, 0.6) is 0 Å². The number of hydrogen-bond donors (Lipinski definition) is 1. The number of nitrogens with two attached hydrogens (primary N) is 1. The largest absolute Gasteiger partial charge is 0.368 e. The van der Waals surface area contributed by atoms with Gasteiger partial charge in [-0.3, -0.25) is 0 Å². The summed E-state index contributed by atoms with van der Waals surface area (Å²) < 4.78 is 26.0. The van der Waals surface area contributed by atoms with Gasteiger partial charge in [0.1, 0.15) is 0 Å². The van der Waals surface area contributed by atoms with Crippen molar-refractivity contribution in [3.63, 3.8) is 0 Å². The monoisotopic (exact) mass is 249 g/mol. The molecule has 0 bridgehead atoms. The summed E-state index contributed by atoms with van der Waals surface area (Å²) in [4.78, 5) is 8.13. The molecule has 18 heavy (non-hydrogen) atoms. The zero-order valence-electron chi connectivity index (χ0n) is 10.1. The van der Waals surface area contributed by atoms with Crippen LogP contribution in [0.3, 0.4) is 0 Å². The van der Waals surface area contributed by atoms with Gasteiger partial charge >= 0.3 is 0 Å². The molecule has 94 valence electrons. The Hall–Kier alpha value is -2.04. The van der Waals surface area contributed by atoms with Crippen LogP contribution in [0.15, 0.2) is 24.3 Å². The number of nitrogen functional groups attached to an aromatic ring is 1. The average molecular weight is 249 g/mol. The van der Waals surface area contributed by atoms with E-state index in [2.05, 4.69) is 9.97 Å². The Morgan fingerprint density at radius 3 is 2.39 bits per heavy atom. The van der Waals surface area contributed by atoms with E-state index in [0.29, 0.717) is 11.3 Å². The maximum atomic E-state index is 13.2. The zero-order valence-corrected chi connectivity index (χ0v) is 10.1. The molecule has 0 fully saturated rings. The SMILES string of the molecule is CC(C)c1cc(-c2ccc(F)c(F)c2)nc(N)n1. The molecule has 0 amide bonds. The molecular formula is C13H13F2N3. The highest BCUT2D eigenvalue weighted by atomic mass is 19.2. The molecule has 0 aliphatic carbocycles. The molecule has 2 aromatic rings. The summed E-state index contributed by atoms with van der Waals surface area (Å²) in [5.41, 5.74) is 7.35. The molecule has 0 radical (unpaired) electrons. The number of nitrogens with zero attached hydrogens (tertiary/aromatic N) is 2. The molecule has 0 atom stereocenters. The van der Waals surface area contributed by atoms with E-state index in [4.69, 9.17) is 5.73 Å². The van der Waals surface area contributed by atoms with Crippen molar-refractivity contribution < 1.29 is 8.78 Å². The van der Waals surface area contributed by atoms with Crippen molar-refractivity contribution in [2.24, 2.45) is 0 Å². The van der Waals surface area contributed by atoms with Gasteiger partial charge in [-0.1, -0.05) is 13.8 Å². The number of rotatable bonds is 2. The molecule has 0 aliphatic rings. The van der Waals surface area contributed by atoms with Gasteiger partial charge < -0.3 is 5.73 Å². The van der Waals surface area contributed by atoms with E-state index >= 15 is 0 Å². The van der Waals surface area contributed by atoms with Crippen LogP contribution < -0.4 is 5.73 Å². The molecule has 2 rings (SSSR count). The molecule has 5 heteroatoms.